The molecule has 0 bridgehead atoms. The first-order chi connectivity index (χ1) is 9.53. The normalized spacial score (nSPS) is 33.0. The quantitative estimate of drug-likeness (QED) is 0.810. The van der Waals surface area contributed by atoms with Crippen LogP contribution in [0.4, 0.5) is 0 Å². The van der Waals surface area contributed by atoms with Gasteiger partial charge in [-0.15, -0.1) is 0 Å². The van der Waals surface area contributed by atoms with Crippen LogP contribution in [-0.2, 0) is 14.3 Å². The highest BCUT2D eigenvalue weighted by molar-refractivity contribution is 5.87. The molecule has 1 atom stereocenters. The predicted octanol–water partition coefficient (Wildman–Crippen LogP) is 2.05. The molecule has 0 spiro atoms. The number of hydrogen-bond donors (Lipinski definition) is 1. The van der Waals surface area contributed by atoms with Gasteiger partial charge in [0.05, 0.1) is 6.10 Å². The van der Waals surface area contributed by atoms with Gasteiger partial charge in [0.1, 0.15) is 5.54 Å². The molecule has 1 aliphatic heterocycles. The van der Waals surface area contributed by atoms with Gasteiger partial charge in [-0.25, -0.2) is 4.79 Å². The highest BCUT2D eigenvalue weighted by Gasteiger charge is 2.49. The average molecular weight is 283 g/mol. The number of carbonyl (C=O) groups is 2. The molecule has 0 aromatic heterocycles. The summed E-state index contributed by atoms with van der Waals surface area (Å²) in [4.78, 5) is 25.6. The Kier molecular flexibility index (Phi) is 4.68. The van der Waals surface area contributed by atoms with Crippen LogP contribution in [0.1, 0.15) is 52.4 Å². The molecule has 1 amide bonds. The molecular weight excluding hydrogens is 258 g/mol. The van der Waals surface area contributed by atoms with Crippen molar-refractivity contribution in [2.75, 3.05) is 13.2 Å². The van der Waals surface area contributed by atoms with Gasteiger partial charge in [0.2, 0.25) is 5.91 Å². The van der Waals surface area contributed by atoms with E-state index in [-0.39, 0.29) is 5.91 Å². The van der Waals surface area contributed by atoms with Crippen molar-refractivity contribution in [1.29, 1.82) is 0 Å². The zero-order valence-corrected chi connectivity index (χ0v) is 12.4. The van der Waals surface area contributed by atoms with Crippen LogP contribution in [0.3, 0.4) is 0 Å². The van der Waals surface area contributed by atoms with Crippen LogP contribution in [0, 0.1) is 5.92 Å². The van der Waals surface area contributed by atoms with E-state index < -0.39 is 11.5 Å². The number of carboxylic acid groups (broad SMARTS) is 1. The Morgan fingerprint density at radius 1 is 1.35 bits per heavy atom. The van der Waals surface area contributed by atoms with Crippen LogP contribution in [-0.4, -0.2) is 46.7 Å². The van der Waals surface area contributed by atoms with E-state index in [1.165, 1.54) is 0 Å². The molecular formula is C15H25NO4. The molecule has 1 unspecified atom stereocenters. The van der Waals surface area contributed by atoms with E-state index in [4.69, 9.17) is 4.74 Å². The Morgan fingerprint density at radius 3 is 2.60 bits per heavy atom. The number of rotatable bonds is 6. The van der Waals surface area contributed by atoms with Gasteiger partial charge in [0.15, 0.2) is 0 Å². The van der Waals surface area contributed by atoms with Crippen LogP contribution in [0.25, 0.3) is 0 Å². The highest BCUT2D eigenvalue weighted by Crippen LogP contribution is 2.37. The zero-order chi connectivity index (χ0) is 14.8. The summed E-state index contributed by atoms with van der Waals surface area (Å²) in [5.41, 5.74) is -0.958. The molecule has 1 saturated carbocycles. The molecule has 5 nitrogen and oxygen atoms in total. The molecule has 1 heterocycles. The van der Waals surface area contributed by atoms with Gasteiger partial charge < -0.3 is 14.7 Å². The SMILES string of the molecule is CCOC1CC(CC(=O)N2CCCC2(CC)C(=O)O)C1. The lowest BCUT2D eigenvalue weighted by Crippen LogP contribution is -2.53. The standard InChI is InChI=1S/C15H25NO4/c1-3-15(14(18)19)6-5-7-16(15)13(17)10-11-8-12(9-11)20-4-2/h11-12H,3-10H2,1-2H3,(H,18,19). The summed E-state index contributed by atoms with van der Waals surface area (Å²) in [6, 6.07) is 0. The van der Waals surface area contributed by atoms with E-state index >= 15 is 0 Å². The summed E-state index contributed by atoms with van der Waals surface area (Å²) in [7, 11) is 0. The number of carboxylic acids is 1. The van der Waals surface area contributed by atoms with Gasteiger partial charge >= 0.3 is 5.97 Å². The number of hydrogen-bond acceptors (Lipinski definition) is 3. The maximum atomic E-state index is 12.4. The van der Waals surface area contributed by atoms with E-state index in [1.807, 2.05) is 13.8 Å². The van der Waals surface area contributed by atoms with E-state index in [2.05, 4.69) is 0 Å². The van der Waals surface area contributed by atoms with Gasteiger partial charge in [0.25, 0.3) is 0 Å². The molecule has 0 aromatic rings. The van der Waals surface area contributed by atoms with Crippen molar-refractivity contribution >= 4 is 11.9 Å². The maximum absolute atomic E-state index is 12.4. The van der Waals surface area contributed by atoms with Gasteiger partial charge in [-0.3, -0.25) is 4.79 Å². The Hall–Kier alpha value is -1.10. The first-order valence-corrected chi connectivity index (χ1v) is 7.69. The predicted molar refractivity (Wildman–Crippen MR) is 74.4 cm³/mol. The number of ether oxygens (including phenoxy) is 1. The minimum absolute atomic E-state index is 0.00620. The molecule has 2 fully saturated rings. The molecule has 0 radical (unpaired) electrons. The van der Waals surface area contributed by atoms with Crippen LogP contribution in [0.5, 0.6) is 0 Å². The lowest BCUT2D eigenvalue weighted by atomic mass is 9.79. The largest absolute Gasteiger partial charge is 0.479 e. The second-order valence-corrected chi connectivity index (χ2v) is 5.96. The second-order valence-electron chi connectivity index (χ2n) is 5.96. The molecule has 2 rings (SSSR count). The first-order valence-electron chi connectivity index (χ1n) is 7.69. The number of nitrogens with zero attached hydrogens (tertiary/aromatic N) is 1. The summed E-state index contributed by atoms with van der Waals surface area (Å²) >= 11 is 0. The smallest absolute Gasteiger partial charge is 0.329 e. The van der Waals surface area contributed by atoms with Crippen molar-refractivity contribution in [3.05, 3.63) is 0 Å². The molecule has 114 valence electrons. The molecule has 0 aromatic carbocycles. The summed E-state index contributed by atoms with van der Waals surface area (Å²) < 4.78 is 5.50. The molecule has 5 heteroatoms. The van der Waals surface area contributed by atoms with Crippen LogP contribution in [0.2, 0.25) is 0 Å². The lowest BCUT2D eigenvalue weighted by molar-refractivity contribution is -0.158. The maximum Gasteiger partial charge on any atom is 0.329 e. The summed E-state index contributed by atoms with van der Waals surface area (Å²) in [6.07, 6.45) is 4.49. The minimum Gasteiger partial charge on any atom is -0.479 e. The third-order valence-corrected chi connectivity index (χ3v) is 4.83. The number of amides is 1. The van der Waals surface area contributed by atoms with Crippen LogP contribution < -0.4 is 0 Å². The second kappa shape index (κ2) is 6.12. The summed E-state index contributed by atoms with van der Waals surface area (Å²) in [6.45, 7) is 5.13. The van der Waals surface area contributed by atoms with Crippen LogP contribution >= 0.6 is 0 Å². The third kappa shape index (κ3) is 2.68. The van der Waals surface area contributed by atoms with Crippen molar-refractivity contribution in [2.24, 2.45) is 5.92 Å². The van der Waals surface area contributed by atoms with E-state index in [0.29, 0.717) is 37.8 Å². The lowest BCUT2D eigenvalue weighted by Gasteiger charge is -2.38. The Morgan fingerprint density at radius 2 is 2.05 bits per heavy atom. The average Bonchev–Trinajstić information content (AvgIpc) is 2.81. The Labute approximate surface area is 120 Å². The van der Waals surface area contributed by atoms with E-state index in [0.717, 1.165) is 25.9 Å². The van der Waals surface area contributed by atoms with Gasteiger partial charge in [0, 0.05) is 19.6 Å². The van der Waals surface area contributed by atoms with Crippen LogP contribution in [0.15, 0.2) is 0 Å². The van der Waals surface area contributed by atoms with Gasteiger partial charge in [-0.1, -0.05) is 6.92 Å². The summed E-state index contributed by atoms with van der Waals surface area (Å²) in [5, 5.41) is 9.49. The number of carbonyl (C=O) groups excluding carboxylic acids is 1. The molecule has 1 N–H and O–H groups in total. The van der Waals surface area contributed by atoms with E-state index in [1.54, 1.807) is 4.90 Å². The van der Waals surface area contributed by atoms with Crippen molar-refractivity contribution in [2.45, 2.75) is 64.0 Å². The fourth-order valence-electron chi connectivity index (χ4n) is 3.55. The zero-order valence-electron chi connectivity index (χ0n) is 12.4. The minimum atomic E-state index is -0.958. The Balaban J connectivity index is 1.91. The molecule has 1 saturated heterocycles. The monoisotopic (exact) mass is 283 g/mol. The van der Waals surface area contributed by atoms with Gasteiger partial charge in [-0.05, 0) is 44.9 Å². The van der Waals surface area contributed by atoms with Crippen molar-refractivity contribution < 1.29 is 19.4 Å². The number of likely N-dealkylation sites (tertiary alicyclic amines) is 1. The molecule has 1 aliphatic carbocycles. The third-order valence-electron chi connectivity index (χ3n) is 4.83. The summed E-state index contributed by atoms with van der Waals surface area (Å²) in [5.74, 6) is -0.485. The van der Waals surface area contributed by atoms with E-state index in [9.17, 15) is 14.7 Å². The molecule has 2 aliphatic rings. The van der Waals surface area contributed by atoms with Crippen molar-refractivity contribution in [3.8, 4) is 0 Å². The highest BCUT2D eigenvalue weighted by atomic mass is 16.5. The first kappa shape index (κ1) is 15.3. The van der Waals surface area contributed by atoms with Crippen molar-refractivity contribution in [1.82, 2.24) is 4.90 Å². The molecule has 20 heavy (non-hydrogen) atoms. The fraction of sp³-hybridized carbons (Fsp3) is 0.867. The fourth-order valence-corrected chi connectivity index (χ4v) is 3.55. The van der Waals surface area contributed by atoms with Gasteiger partial charge in [-0.2, -0.15) is 0 Å². The van der Waals surface area contributed by atoms with Crippen molar-refractivity contribution in [3.63, 3.8) is 0 Å². The number of aliphatic carboxylic acids is 1. The topological polar surface area (TPSA) is 66.8 Å². The Bertz CT molecular complexity index is 378.